The highest BCUT2D eigenvalue weighted by molar-refractivity contribution is 5.99. The van der Waals surface area contributed by atoms with Gasteiger partial charge in [0.1, 0.15) is 0 Å². The second-order valence-corrected chi connectivity index (χ2v) is 8.27. The highest BCUT2D eigenvalue weighted by Crippen LogP contribution is 2.38. The lowest BCUT2D eigenvalue weighted by Gasteiger charge is -2.28. The zero-order valence-corrected chi connectivity index (χ0v) is 20.9. The third-order valence-corrected chi connectivity index (χ3v) is 6.14. The van der Waals surface area contributed by atoms with Crippen molar-refractivity contribution >= 4 is 17.5 Å². The smallest absolute Gasteiger partial charge is 0.255 e. The van der Waals surface area contributed by atoms with Crippen molar-refractivity contribution in [3.05, 3.63) is 77.4 Å². The number of benzene rings is 3. The molecular weight excluding hydrogens is 460 g/mol. The van der Waals surface area contributed by atoms with Crippen LogP contribution >= 0.6 is 0 Å². The number of hydrogen-bond acceptors (Lipinski definition) is 6. The number of carbonyl (C=O) groups excluding carboxylic acids is 2. The molecule has 8 nitrogen and oxygen atoms in total. The number of methoxy groups -OCH3 is 3. The van der Waals surface area contributed by atoms with Gasteiger partial charge in [0.05, 0.1) is 40.4 Å². The van der Waals surface area contributed by atoms with Crippen molar-refractivity contribution in [2.45, 2.75) is 25.9 Å². The Labute approximate surface area is 210 Å². The molecule has 2 amide bonds. The van der Waals surface area contributed by atoms with E-state index in [1.165, 1.54) is 7.11 Å². The van der Waals surface area contributed by atoms with Crippen LogP contribution in [0.3, 0.4) is 0 Å². The molecule has 0 radical (unpaired) electrons. The first-order chi connectivity index (χ1) is 17.5. The van der Waals surface area contributed by atoms with Crippen LogP contribution in [0, 0.1) is 0 Å². The second kappa shape index (κ2) is 11.0. The lowest BCUT2D eigenvalue weighted by Crippen LogP contribution is -2.32. The van der Waals surface area contributed by atoms with Crippen LogP contribution in [0.5, 0.6) is 23.0 Å². The Morgan fingerprint density at radius 3 is 2.31 bits per heavy atom. The van der Waals surface area contributed by atoms with E-state index in [9.17, 15) is 9.59 Å². The first-order valence-corrected chi connectivity index (χ1v) is 11.7. The molecule has 0 aromatic heterocycles. The molecule has 1 unspecified atom stereocenters. The van der Waals surface area contributed by atoms with Gasteiger partial charge in [0.15, 0.2) is 23.0 Å². The van der Waals surface area contributed by atoms with Crippen LogP contribution in [0.25, 0.3) is 0 Å². The second-order valence-electron chi connectivity index (χ2n) is 8.27. The number of nitrogens with one attached hydrogen (secondary N) is 1. The molecule has 188 valence electrons. The summed E-state index contributed by atoms with van der Waals surface area (Å²) in [6, 6.07) is 17.7. The minimum atomic E-state index is -0.519. The van der Waals surface area contributed by atoms with Crippen LogP contribution in [0.2, 0.25) is 0 Å². The molecular formula is C28H30N2O6. The van der Waals surface area contributed by atoms with Gasteiger partial charge < -0.3 is 29.2 Å². The van der Waals surface area contributed by atoms with E-state index >= 15 is 0 Å². The third-order valence-electron chi connectivity index (χ3n) is 6.14. The molecule has 0 bridgehead atoms. The number of nitrogens with zero attached hydrogens (tertiary/aromatic N) is 1. The lowest BCUT2D eigenvalue weighted by molar-refractivity contribution is -0.117. The molecule has 0 saturated heterocycles. The van der Waals surface area contributed by atoms with E-state index in [4.69, 9.17) is 18.9 Å². The maximum Gasteiger partial charge on any atom is 0.255 e. The molecule has 0 fully saturated rings. The molecule has 1 heterocycles. The molecule has 1 N–H and O–H groups in total. The fourth-order valence-electron chi connectivity index (χ4n) is 4.40. The van der Waals surface area contributed by atoms with Gasteiger partial charge in [0, 0.05) is 23.9 Å². The van der Waals surface area contributed by atoms with Gasteiger partial charge in [0.25, 0.3) is 5.91 Å². The Morgan fingerprint density at radius 2 is 1.61 bits per heavy atom. The molecule has 36 heavy (non-hydrogen) atoms. The minimum Gasteiger partial charge on any atom is -0.493 e. The molecule has 3 aromatic rings. The summed E-state index contributed by atoms with van der Waals surface area (Å²) in [4.78, 5) is 28.3. The van der Waals surface area contributed by atoms with Crippen molar-refractivity contribution in [2.75, 3.05) is 33.3 Å². The maximum absolute atomic E-state index is 13.3. The van der Waals surface area contributed by atoms with Crippen molar-refractivity contribution in [3.63, 3.8) is 0 Å². The standard InChI is InChI=1S/C28H30N2O6/c1-5-36-24-12-10-18(14-25(24)34-3)22(30-17-19-8-6-7-9-21(19)28(30)32)16-27(31)29-20-11-13-23(33-2)26(15-20)35-4/h6-15,22H,5,16-17H2,1-4H3,(H,29,31). The molecule has 1 atom stereocenters. The lowest BCUT2D eigenvalue weighted by atomic mass is 10.0. The van der Waals surface area contributed by atoms with Crippen LogP contribution in [0.15, 0.2) is 60.7 Å². The Morgan fingerprint density at radius 1 is 0.917 bits per heavy atom. The summed E-state index contributed by atoms with van der Waals surface area (Å²) < 4.78 is 21.8. The Hall–Kier alpha value is -4.20. The van der Waals surface area contributed by atoms with Crippen LogP contribution in [-0.2, 0) is 11.3 Å². The summed E-state index contributed by atoms with van der Waals surface area (Å²) in [6.07, 6.45) is 0.0468. The van der Waals surface area contributed by atoms with Gasteiger partial charge in [-0.05, 0) is 48.4 Å². The van der Waals surface area contributed by atoms with Crippen LogP contribution in [0.4, 0.5) is 5.69 Å². The average molecular weight is 491 g/mol. The predicted molar refractivity (Wildman–Crippen MR) is 136 cm³/mol. The first-order valence-electron chi connectivity index (χ1n) is 11.7. The summed E-state index contributed by atoms with van der Waals surface area (Å²) in [6.45, 7) is 2.81. The minimum absolute atomic E-state index is 0.0468. The molecule has 4 rings (SSSR count). The summed E-state index contributed by atoms with van der Waals surface area (Å²) >= 11 is 0. The van der Waals surface area contributed by atoms with E-state index in [1.54, 1.807) is 37.3 Å². The zero-order chi connectivity index (χ0) is 25.7. The Kier molecular flexibility index (Phi) is 7.63. The normalized spacial score (nSPS) is 13.1. The largest absolute Gasteiger partial charge is 0.493 e. The predicted octanol–water partition coefficient (Wildman–Crippen LogP) is 4.84. The Balaban J connectivity index is 1.64. The Bertz CT molecular complexity index is 1260. The van der Waals surface area contributed by atoms with Crippen LogP contribution < -0.4 is 24.3 Å². The van der Waals surface area contributed by atoms with E-state index in [2.05, 4.69) is 5.32 Å². The summed E-state index contributed by atoms with van der Waals surface area (Å²) in [5.41, 5.74) is 2.93. The number of carbonyl (C=O) groups is 2. The number of ether oxygens (including phenoxy) is 4. The first kappa shape index (κ1) is 24.9. The summed E-state index contributed by atoms with van der Waals surface area (Å²) in [5.74, 6) is 1.87. The highest BCUT2D eigenvalue weighted by Gasteiger charge is 2.35. The fourth-order valence-corrected chi connectivity index (χ4v) is 4.40. The van der Waals surface area contributed by atoms with E-state index in [1.807, 2.05) is 49.4 Å². The van der Waals surface area contributed by atoms with E-state index < -0.39 is 6.04 Å². The van der Waals surface area contributed by atoms with Gasteiger partial charge in [-0.15, -0.1) is 0 Å². The van der Waals surface area contributed by atoms with Gasteiger partial charge >= 0.3 is 0 Å². The van der Waals surface area contributed by atoms with Gasteiger partial charge in [0.2, 0.25) is 5.91 Å². The van der Waals surface area contributed by atoms with Gasteiger partial charge in [-0.1, -0.05) is 24.3 Å². The average Bonchev–Trinajstić information content (AvgIpc) is 3.23. The highest BCUT2D eigenvalue weighted by atomic mass is 16.5. The third kappa shape index (κ3) is 5.07. The molecule has 8 heteroatoms. The van der Waals surface area contributed by atoms with E-state index in [0.717, 1.165) is 11.1 Å². The number of fused-ring (bicyclic) bond motifs is 1. The number of rotatable bonds is 10. The van der Waals surface area contributed by atoms with Crippen molar-refractivity contribution in [3.8, 4) is 23.0 Å². The molecule has 3 aromatic carbocycles. The fraction of sp³-hybridized carbons (Fsp3) is 0.286. The summed E-state index contributed by atoms with van der Waals surface area (Å²) in [7, 11) is 4.66. The monoisotopic (exact) mass is 490 g/mol. The van der Waals surface area contributed by atoms with Gasteiger partial charge in [-0.2, -0.15) is 0 Å². The SMILES string of the molecule is CCOc1ccc(C(CC(=O)Nc2ccc(OC)c(OC)c2)N2Cc3ccccc3C2=O)cc1OC. The van der Waals surface area contributed by atoms with E-state index in [-0.39, 0.29) is 18.2 Å². The molecule has 0 spiro atoms. The van der Waals surface area contributed by atoms with Crippen molar-refractivity contribution in [2.24, 2.45) is 0 Å². The van der Waals surface area contributed by atoms with Crippen molar-refractivity contribution in [1.29, 1.82) is 0 Å². The molecule has 1 aliphatic rings. The molecule has 0 aliphatic carbocycles. The van der Waals surface area contributed by atoms with Gasteiger partial charge in [-0.25, -0.2) is 0 Å². The van der Waals surface area contributed by atoms with Gasteiger partial charge in [-0.3, -0.25) is 9.59 Å². The topological polar surface area (TPSA) is 86.3 Å². The van der Waals surface area contributed by atoms with Crippen molar-refractivity contribution < 1.29 is 28.5 Å². The summed E-state index contributed by atoms with van der Waals surface area (Å²) in [5, 5.41) is 2.92. The molecule has 0 saturated carbocycles. The quantitative estimate of drug-likeness (QED) is 0.438. The molecule has 1 aliphatic heterocycles. The van der Waals surface area contributed by atoms with Crippen LogP contribution in [0.1, 0.15) is 40.9 Å². The van der Waals surface area contributed by atoms with E-state index in [0.29, 0.717) is 47.4 Å². The van der Waals surface area contributed by atoms with Crippen molar-refractivity contribution in [1.82, 2.24) is 4.90 Å². The maximum atomic E-state index is 13.3. The number of hydrogen-bond donors (Lipinski definition) is 1. The zero-order valence-electron chi connectivity index (χ0n) is 20.9. The number of anilines is 1. The number of amides is 2. The van der Waals surface area contributed by atoms with Crippen LogP contribution in [-0.4, -0.2) is 44.7 Å².